The Labute approximate surface area is 130 Å². The average Bonchev–Trinajstić information content (AvgIpc) is 3.25. The second kappa shape index (κ2) is 6.23. The zero-order valence-electron chi connectivity index (χ0n) is 12.5. The Morgan fingerprint density at radius 1 is 1.45 bits per heavy atom. The molecule has 2 aromatic heterocycles. The van der Waals surface area contributed by atoms with Crippen molar-refractivity contribution in [1.82, 2.24) is 18.4 Å². The number of hydrogen-bond acceptors (Lipinski definition) is 4. The van der Waals surface area contributed by atoms with Crippen molar-refractivity contribution in [1.29, 1.82) is 0 Å². The topological polar surface area (TPSA) is 71.6 Å². The van der Waals surface area contributed by atoms with Crippen LogP contribution in [-0.2, 0) is 16.8 Å². The molecule has 7 nitrogen and oxygen atoms in total. The van der Waals surface area contributed by atoms with E-state index in [-0.39, 0.29) is 6.04 Å². The molecule has 8 heteroatoms. The molecule has 0 radical (unpaired) electrons. The maximum absolute atomic E-state index is 12.8. The minimum atomic E-state index is -3.50. The average molecular weight is 324 g/mol. The van der Waals surface area contributed by atoms with Gasteiger partial charge in [-0.1, -0.05) is 0 Å². The molecule has 120 valence electrons. The van der Waals surface area contributed by atoms with Crippen LogP contribution in [0.25, 0.3) is 0 Å². The standard InChI is InChI=1S/C14H20N4O3S/c1-16(10-11-17-8-4-7-15-17)22(19,20)18-9-2-5-13(18)14-6-3-12-21-14/h3-4,6-8,12-13H,2,5,9-11H2,1H3/t13-/m1/s1. The Morgan fingerprint density at radius 2 is 2.32 bits per heavy atom. The molecule has 1 aliphatic rings. The molecule has 1 aliphatic heterocycles. The lowest BCUT2D eigenvalue weighted by Crippen LogP contribution is -2.42. The van der Waals surface area contributed by atoms with Crippen molar-refractivity contribution < 1.29 is 12.8 Å². The van der Waals surface area contributed by atoms with Gasteiger partial charge in [0.2, 0.25) is 0 Å². The van der Waals surface area contributed by atoms with Crippen molar-refractivity contribution in [2.75, 3.05) is 20.1 Å². The van der Waals surface area contributed by atoms with Gasteiger partial charge in [-0.3, -0.25) is 4.68 Å². The van der Waals surface area contributed by atoms with Gasteiger partial charge in [0.1, 0.15) is 5.76 Å². The lowest BCUT2D eigenvalue weighted by atomic mass is 10.2. The van der Waals surface area contributed by atoms with E-state index in [9.17, 15) is 8.42 Å². The second-order valence-electron chi connectivity index (χ2n) is 5.38. The first kappa shape index (κ1) is 15.3. The third-order valence-electron chi connectivity index (χ3n) is 3.97. The molecule has 0 amide bonds. The Hall–Kier alpha value is -1.64. The van der Waals surface area contributed by atoms with Crippen LogP contribution in [0.3, 0.4) is 0 Å². The first-order valence-electron chi connectivity index (χ1n) is 7.33. The van der Waals surface area contributed by atoms with Crippen LogP contribution in [0.5, 0.6) is 0 Å². The first-order chi connectivity index (χ1) is 10.6. The molecule has 1 saturated heterocycles. The number of furan rings is 1. The zero-order valence-corrected chi connectivity index (χ0v) is 13.3. The van der Waals surface area contributed by atoms with E-state index in [1.807, 2.05) is 18.3 Å². The smallest absolute Gasteiger partial charge is 0.282 e. The molecule has 3 heterocycles. The SMILES string of the molecule is CN(CCn1cccn1)S(=O)(=O)N1CCC[C@@H]1c1ccco1. The molecule has 0 bridgehead atoms. The van der Waals surface area contributed by atoms with Gasteiger partial charge < -0.3 is 4.42 Å². The van der Waals surface area contributed by atoms with Gasteiger partial charge in [-0.25, -0.2) is 0 Å². The van der Waals surface area contributed by atoms with Crippen LogP contribution in [-0.4, -0.2) is 46.9 Å². The van der Waals surface area contributed by atoms with Gasteiger partial charge in [-0.2, -0.15) is 22.1 Å². The van der Waals surface area contributed by atoms with Gasteiger partial charge in [0.15, 0.2) is 0 Å². The summed E-state index contributed by atoms with van der Waals surface area (Å²) in [6.45, 7) is 1.44. The molecule has 0 saturated carbocycles. The van der Waals surface area contributed by atoms with E-state index in [1.54, 1.807) is 30.3 Å². The molecule has 0 aliphatic carbocycles. The van der Waals surface area contributed by atoms with Crippen LogP contribution in [0, 0.1) is 0 Å². The zero-order chi connectivity index (χ0) is 15.6. The van der Waals surface area contributed by atoms with Crippen molar-refractivity contribution in [3.63, 3.8) is 0 Å². The molecular weight excluding hydrogens is 304 g/mol. The van der Waals surface area contributed by atoms with E-state index in [0.717, 1.165) is 12.8 Å². The largest absolute Gasteiger partial charge is 0.468 e. The van der Waals surface area contributed by atoms with Crippen molar-refractivity contribution in [3.8, 4) is 0 Å². The third-order valence-corrected chi connectivity index (χ3v) is 5.97. The van der Waals surface area contributed by atoms with Crippen LogP contribution >= 0.6 is 0 Å². The second-order valence-corrected chi connectivity index (χ2v) is 7.37. The van der Waals surface area contributed by atoms with E-state index in [4.69, 9.17) is 4.42 Å². The Balaban J connectivity index is 1.71. The molecule has 3 rings (SSSR count). The number of rotatable bonds is 6. The highest BCUT2D eigenvalue weighted by molar-refractivity contribution is 7.86. The summed E-state index contributed by atoms with van der Waals surface area (Å²) in [4.78, 5) is 0. The normalized spacial score (nSPS) is 20.0. The molecule has 2 aromatic rings. The van der Waals surface area contributed by atoms with E-state index >= 15 is 0 Å². The third kappa shape index (κ3) is 2.94. The number of nitrogens with zero attached hydrogens (tertiary/aromatic N) is 4. The molecule has 22 heavy (non-hydrogen) atoms. The van der Waals surface area contributed by atoms with Gasteiger partial charge in [-0.05, 0) is 31.0 Å². The summed E-state index contributed by atoms with van der Waals surface area (Å²) in [6, 6.07) is 5.25. The van der Waals surface area contributed by atoms with Crippen LogP contribution in [0.1, 0.15) is 24.6 Å². The quantitative estimate of drug-likeness (QED) is 0.807. The number of likely N-dealkylation sites (N-methyl/N-ethyl adjacent to an activating group) is 1. The summed E-state index contributed by atoms with van der Waals surface area (Å²) in [5.74, 6) is 0.710. The summed E-state index contributed by atoms with van der Waals surface area (Å²) in [5.41, 5.74) is 0. The molecule has 0 N–H and O–H groups in total. The minimum Gasteiger partial charge on any atom is -0.468 e. The molecule has 1 atom stereocenters. The predicted molar refractivity (Wildman–Crippen MR) is 81.2 cm³/mol. The van der Waals surface area contributed by atoms with Crippen LogP contribution in [0.2, 0.25) is 0 Å². The van der Waals surface area contributed by atoms with Gasteiger partial charge in [0.05, 0.1) is 18.8 Å². The monoisotopic (exact) mass is 324 g/mol. The Morgan fingerprint density at radius 3 is 3.00 bits per heavy atom. The van der Waals surface area contributed by atoms with Crippen LogP contribution in [0.15, 0.2) is 41.3 Å². The van der Waals surface area contributed by atoms with Crippen molar-refractivity contribution in [3.05, 3.63) is 42.6 Å². The summed E-state index contributed by atoms with van der Waals surface area (Å²) in [7, 11) is -1.89. The summed E-state index contributed by atoms with van der Waals surface area (Å²) in [5, 5.41) is 4.09. The molecule has 1 fully saturated rings. The summed E-state index contributed by atoms with van der Waals surface area (Å²) < 4.78 is 35.6. The summed E-state index contributed by atoms with van der Waals surface area (Å²) in [6.07, 6.45) is 6.72. The van der Waals surface area contributed by atoms with Crippen molar-refractivity contribution in [2.45, 2.75) is 25.4 Å². The molecule has 0 aromatic carbocycles. The van der Waals surface area contributed by atoms with Crippen LogP contribution < -0.4 is 0 Å². The van der Waals surface area contributed by atoms with E-state index in [1.165, 1.54) is 8.61 Å². The highest BCUT2D eigenvalue weighted by Crippen LogP contribution is 2.35. The Bertz CT molecular complexity index is 682. The van der Waals surface area contributed by atoms with E-state index in [0.29, 0.717) is 25.4 Å². The van der Waals surface area contributed by atoms with Crippen molar-refractivity contribution >= 4 is 10.2 Å². The maximum Gasteiger partial charge on any atom is 0.282 e. The van der Waals surface area contributed by atoms with Gasteiger partial charge >= 0.3 is 0 Å². The number of aromatic nitrogens is 2. The van der Waals surface area contributed by atoms with Gasteiger partial charge in [0.25, 0.3) is 10.2 Å². The molecular formula is C14H20N4O3S. The van der Waals surface area contributed by atoms with Gasteiger partial charge in [0, 0.05) is 32.5 Å². The lowest BCUT2D eigenvalue weighted by Gasteiger charge is -2.27. The van der Waals surface area contributed by atoms with Gasteiger partial charge in [-0.15, -0.1) is 0 Å². The van der Waals surface area contributed by atoms with E-state index in [2.05, 4.69) is 5.10 Å². The predicted octanol–water partition coefficient (Wildman–Crippen LogP) is 1.49. The molecule has 0 spiro atoms. The fourth-order valence-electron chi connectivity index (χ4n) is 2.75. The fourth-order valence-corrected chi connectivity index (χ4v) is 4.31. The summed E-state index contributed by atoms with van der Waals surface area (Å²) >= 11 is 0. The highest BCUT2D eigenvalue weighted by atomic mass is 32.2. The maximum atomic E-state index is 12.8. The minimum absolute atomic E-state index is 0.202. The van der Waals surface area contributed by atoms with Crippen LogP contribution in [0.4, 0.5) is 0 Å². The van der Waals surface area contributed by atoms with Crippen molar-refractivity contribution in [2.24, 2.45) is 0 Å². The lowest BCUT2D eigenvalue weighted by molar-refractivity contribution is 0.309. The molecule has 0 unspecified atom stereocenters. The highest BCUT2D eigenvalue weighted by Gasteiger charge is 2.38. The Kier molecular flexibility index (Phi) is 4.32. The fraction of sp³-hybridized carbons (Fsp3) is 0.500. The first-order valence-corrected chi connectivity index (χ1v) is 8.72. The van der Waals surface area contributed by atoms with E-state index < -0.39 is 10.2 Å². The number of hydrogen-bond donors (Lipinski definition) is 0.